The van der Waals surface area contributed by atoms with Gasteiger partial charge in [0.15, 0.2) is 0 Å². The molecule has 0 spiro atoms. The van der Waals surface area contributed by atoms with Crippen molar-refractivity contribution in [3.8, 4) is 5.75 Å². The molecule has 0 aliphatic heterocycles. The Morgan fingerprint density at radius 3 is 2.68 bits per heavy atom. The van der Waals surface area contributed by atoms with E-state index in [1.54, 1.807) is 12.1 Å². The van der Waals surface area contributed by atoms with Crippen LogP contribution in [0.5, 0.6) is 5.75 Å². The summed E-state index contributed by atoms with van der Waals surface area (Å²) in [4.78, 5) is 0.797. The Kier molecular flexibility index (Phi) is 4.99. The van der Waals surface area contributed by atoms with Crippen LogP contribution in [0.3, 0.4) is 0 Å². The van der Waals surface area contributed by atoms with Gasteiger partial charge in [0.25, 0.3) is 0 Å². The van der Waals surface area contributed by atoms with Gasteiger partial charge in [0.2, 0.25) is 0 Å². The fraction of sp³-hybridized carbons (Fsp3) is 0.143. The molecule has 0 aliphatic rings. The highest BCUT2D eigenvalue weighted by Crippen LogP contribution is 2.16. The summed E-state index contributed by atoms with van der Waals surface area (Å²) in [5.41, 5.74) is 6.31. The summed E-state index contributed by atoms with van der Waals surface area (Å²) in [6, 6.07) is 14.7. The second-order valence-electron chi connectivity index (χ2n) is 3.93. The van der Waals surface area contributed by atoms with Crippen molar-refractivity contribution in [2.45, 2.75) is 4.90 Å². The minimum Gasteiger partial charge on any atom is -0.493 e. The van der Waals surface area contributed by atoms with Gasteiger partial charge in [-0.15, -0.1) is 0 Å². The van der Waals surface area contributed by atoms with Crippen molar-refractivity contribution in [2.24, 2.45) is 0 Å². The summed E-state index contributed by atoms with van der Waals surface area (Å²) in [5, 5.41) is 0. The molecule has 0 saturated heterocycles. The molecule has 0 aliphatic carbocycles. The van der Waals surface area contributed by atoms with Crippen molar-refractivity contribution in [2.75, 3.05) is 18.1 Å². The Bertz CT molecular complexity index is 589. The molecule has 0 bridgehead atoms. The lowest BCUT2D eigenvalue weighted by molar-refractivity contribution is 0.343. The van der Waals surface area contributed by atoms with Crippen molar-refractivity contribution >= 4 is 32.4 Å². The third kappa shape index (κ3) is 4.36. The molecule has 3 nitrogen and oxygen atoms in total. The van der Waals surface area contributed by atoms with Gasteiger partial charge in [0.05, 0.1) is 16.6 Å². The monoisotopic (exact) mass is 339 g/mol. The van der Waals surface area contributed by atoms with Gasteiger partial charge in [0.1, 0.15) is 12.4 Å². The standard InChI is InChI=1S/C14H14BrNO2S/c15-11-3-1-6-14(9-11)19(17)8-7-18-13-5-2-4-12(16)10-13/h1-6,9-10H,7-8,16H2. The number of hydrogen-bond acceptors (Lipinski definition) is 3. The smallest absolute Gasteiger partial charge is 0.121 e. The molecule has 0 heterocycles. The molecule has 100 valence electrons. The first-order valence-corrected chi connectivity index (χ1v) is 7.88. The minimum absolute atomic E-state index is 0.391. The molecule has 1 unspecified atom stereocenters. The largest absolute Gasteiger partial charge is 0.493 e. The highest BCUT2D eigenvalue weighted by molar-refractivity contribution is 9.10. The molecule has 0 aromatic heterocycles. The molecular weight excluding hydrogens is 326 g/mol. The third-order valence-electron chi connectivity index (χ3n) is 2.45. The van der Waals surface area contributed by atoms with E-state index in [4.69, 9.17) is 10.5 Å². The van der Waals surface area contributed by atoms with E-state index in [2.05, 4.69) is 15.9 Å². The van der Waals surface area contributed by atoms with Gasteiger partial charge in [-0.3, -0.25) is 4.21 Å². The first kappa shape index (κ1) is 14.1. The Balaban J connectivity index is 1.87. The van der Waals surface area contributed by atoms with E-state index in [1.807, 2.05) is 36.4 Å². The Hall–Kier alpha value is -1.33. The van der Waals surface area contributed by atoms with Crippen LogP contribution in [-0.2, 0) is 10.8 Å². The average molecular weight is 340 g/mol. The summed E-state index contributed by atoms with van der Waals surface area (Å²) in [6.07, 6.45) is 0. The molecule has 0 fully saturated rings. The fourth-order valence-corrected chi connectivity index (χ4v) is 3.08. The van der Waals surface area contributed by atoms with Gasteiger partial charge < -0.3 is 10.5 Å². The molecule has 1 atom stereocenters. The van der Waals surface area contributed by atoms with E-state index in [0.29, 0.717) is 23.8 Å². The summed E-state index contributed by atoms with van der Waals surface area (Å²) in [7, 11) is -1.06. The highest BCUT2D eigenvalue weighted by atomic mass is 79.9. The molecule has 0 radical (unpaired) electrons. The van der Waals surface area contributed by atoms with Crippen LogP contribution in [-0.4, -0.2) is 16.6 Å². The van der Waals surface area contributed by atoms with E-state index >= 15 is 0 Å². The number of anilines is 1. The zero-order valence-corrected chi connectivity index (χ0v) is 12.6. The highest BCUT2D eigenvalue weighted by Gasteiger charge is 2.04. The number of hydrogen-bond donors (Lipinski definition) is 1. The molecular formula is C14H14BrNO2S. The van der Waals surface area contributed by atoms with Crippen LogP contribution in [0, 0.1) is 0 Å². The van der Waals surface area contributed by atoms with Crippen LogP contribution >= 0.6 is 15.9 Å². The molecule has 5 heteroatoms. The molecule has 2 N–H and O–H groups in total. The Morgan fingerprint density at radius 2 is 1.95 bits per heavy atom. The Labute approximate surface area is 123 Å². The first-order valence-electron chi connectivity index (χ1n) is 5.77. The van der Waals surface area contributed by atoms with Crippen molar-refractivity contribution in [1.29, 1.82) is 0 Å². The maximum absolute atomic E-state index is 12.0. The Morgan fingerprint density at radius 1 is 1.16 bits per heavy atom. The van der Waals surface area contributed by atoms with Crippen LogP contribution in [0.4, 0.5) is 5.69 Å². The lowest BCUT2D eigenvalue weighted by atomic mass is 10.3. The summed E-state index contributed by atoms with van der Waals surface area (Å²) in [5.74, 6) is 1.15. The quantitative estimate of drug-likeness (QED) is 0.851. The van der Waals surface area contributed by atoms with Crippen LogP contribution in [0.2, 0.25) is 0 Å². The number of nitrogen functional groups attached to an aromatic ring is 1. The molecule has 2 rings (SSSR count). The number of rotatable bonds is 5. The molecule has 2 aromatic carbocycles. The minimum atomic E-state index is -1.06. The second kappa shape index (κ2) is 6.73. The normalized spacial score (nSPS) is 12.1. The van der Waals surface area contributed by atoms with Crippen molar-refractivity contribution < 1.29 is 8.95 Å². The lowest BCUT2D eigenvalue weighted by Gasteiger charge is -2.07. The zero-order chi connectivity index (χ0) is 13.7. The number of halogens is 1. The van der Waals surface area contributed by atoms with E-state index in [0.717, 1.165) is 9.37 Å². The fourth-order valence-electron chi connectivity index (χ4n) is 1.57. The van der Waals surface area contributed by atoms with Crippen molar-refractivity contribution in [1.82, 2.24) is 0 Å². The summed E-state index contributed by atoms with van der Waals surface area (Å²) >= 11 is 3.36. The van der Waals surface area contributed by atoms with Gasteiger partial charge in [-0.2, -0.15) is 0 Å². The molecule has 19 heavy (non-hydrogen) atoms. The van der Waals surface area contributed by atoms with Gasteiger partial charge in [-0.25, -0.2) is 0 Å². The topological polar surface area (TPSA) is 52.3 Å². The van der Waals surface area contributed by atoms with Gasteiger partial charge in [-0.1, -0.05) is 28.1 Å². The second-order valence-corrected chi connectivity index (χ2v) is 6.41. The van der Waals surface area contributed by atoms with Crippen LogP contribution < -0.4 is 10.5 Å². The summed E-state index contributed by atoms with van der Waals surface area (Å²) < 4.78 is 18.5. The van der Waals surface area contributed by atoms with E-state index in [9.17, 15) is 4.21 Å². The average Bonchev–Trinajstić information content (AvgIpc) is 2.38. The van der Waals surface area contributed by atoms with Gasteiger partial charge >= 0.3 is 0 Å². The van der Waals surface area contributed by atoms with Crippen LogP contribution in [0.25, 0.3) is 0 Å². The predicted molar refractivity (Wildman–Crippen MR) is 81.8 cm³/mol. The van der Waals surface area contributed by atoms with Crippen LogP contribution in [0.15, 0.2) is 57.9 Å². The molecule has 2 aromatic rings. The van der Waals surface area contributed by atoms with E-state index in [-0.39, 0.29) is 0 Å². The maximum atomic E-state index is 12.0. The van der Waals surface area contributed by atoms with Crippen LogP contribution in [0.1, 0.15) is 0 Å². The predicted octanol–water partition coefficient (Wildman–Crippen LogP) is 3.22. The molecule has 0 amide bonds. The zero-order valence-electron chi connectivity index (χ0n) is 10.2. The van der Waals surface area contributed by atoms with E-state index < -0.39 is 10.8 Å². The maximum Gasteiger partial charge on any atom is 0.121 e. The number of ether oxygens (including phenoxy) is 1. The lowest BCUT2D eigenvalue weighted by Crippen LogP contribution is -2.08. The van der Waals surface area contributed by atoms with Crippen molar-refractivity contribution in [3.05, 3.63) is 53.0 Å². The van der Waals surface area contributed by atoms with E-state index in [1.165, 1.54) is 0 Å². The SMILES string of the molecule is Nc1cccc(OCCS(=O)c2cccc(Br)c2)c1. The molecule has 0 saturated carbocycles. The van der Waals surface area contributed by atoms with Gasteiger partial charge in [0, 0.05) is 21.1 Å². The third-order valence-corrected chi connectivity index (χ3v) is 4.26. The summed E-state index contributed by atoms with van der Waals surface area (Å²) in [6.45, 7) is 0.391. The van der Waals surface area contributed by atoms with Crippen molar-refractivity contribution in [3.63, 3.8) is 0 Å². The van der Waals surface area contributed by atoms with Gasteiger partial charge in [-0.05, 0) is 30.3 Å². The number of benzene rings is 2. The number of nitrogens with two attached hydrogens (primary N) is 1. The first-order chi connectivity index (χ1) is 9.15.